The summed E-state index contributed by atoms with van der Waals surface area (Å²) in [5.74, 6) is -1.10. The number of carboxylic acids is 1. The van der Waals surface area contributed by atoms with Crippen molar-refractivity contribution in [1.82, 2.24) is 9.88 Å². The first-order valence-electron chi connectivity index (χ1n) is 12.1. The van der Waals surface area contributed by atoms with Crippen molar-refractivity contribution in [2.24, 2.45) is 0 Å². The van der Waals surface area contributed by atoms with Crippen LogP contribution in [0.25, 0.3) is 21.7 Å². The number of fused-ring (bicyclic) bond motifs is 2. The van der Waals surface area contributed by atoms with E-state index in [1.807, 2.05) is 50.2 Å². The molecule has 0 radical (unpaired) electrons. The highest BCUT2D eigenvalue weighted by molar-refractivity contribution is 6.07. The van der Waals surface area contributed by atoms with Gasteiger partial charge in [-0.25, -0.2) is 4.39 Å². The quantitative estimate of drug-likeness (QED) is 0.369. The third-order valence-corrected chi connectivity index (χ3v) is 7.48. The minimum absolute atomic E-state index is 0.0547. The molecule has 0 atom stereocenters. The topological polar surface area (TPSA) is 71.3 Å². The molecular formula is C29H29FN2O3. The van der Waals surface area contributed by atoms with Crippen molar-refractivity contribution in [3.63, 3.8) is 0 Å². The smallest absolute Gasteiger partial charge is 0.323 e. The van der Waals surface area contributed by atoms with Crippen LogP contribution in [0.4, 0.5) is 4.39 Å². The van der Waals surface area contributed by atoms with Gasteiger partial charge in [0.1, 0.15) is 12.4 Å². The molecule has 0 spiro atoms. The van der Waals surface area contributed by atoms with Crippen LogP contribution < -0.4 is 5.32 Å². The van der Waals surface area contributed by atoms with Gasteiger partial charge in [-0.05, 0) is 91.6 Å². The van der Waals surface area contributed by atoms with Crippen molar-refractivity contribution in [2.45, 2.75) is 58.0 Å². The van der Waals surface area contributed by atoms with Crippen LogP contribution in [0, 0.1) is 19.7 Å². The zero-order valence-corrected chi connectivity index (χ0v) is 20.0. The molecule has 1 heterocycles. The Bertz CT molecular complexity index is 1450. The summed E-state index contributed by atoms with van der Waals surface area (Å²) in [6.45, 7) is 3.82. The molecule has 4 aromatic rings. The fourth-order valence-electron chi connectivity index (χ4n) is 5.79. The monoisotopic (exact) mass is 472 g/mol. The van der Waals surface area contributed by atoms with Gasteiger partial charge in [0.25, 0.3) is 5.91 Å². The fraction of sp³-hybridized carbons (Fsp3) is 0.310. The zero-order valence-electron chi connectivity index (χ0n) is 20.0. The molecule has 0 saturated heterocycles. The first kappa shape index (κ1) is 23.1. The lowest BCUT2D eigenvalue weighted by molar-refractivity contribution is -0.137. The predicted octanol–water partition coefficient (Wildman–Crippen LogP) is 6.09. The molecule has 1 amide bonds. The van der Waals surface area contributed by atoms with Crippen LogP contribution in [0.1, 0.15) is 58.8 Å². The van der Waals surface area contributed by atoms with Gasteiger partial charge in [-0.3, -0.25) is 9.59 Å². The summed E-state index contributed by atoms with van der Waals surface area (Å²) in [5, 5.41) is 15.5. The standard InChI is InChI=1S/C29H29FN2O3/c1-17-5-3-7-23-22(17)6-4-8-24(23)29(35)31-21-12-9-19(10-13-21)28-18(2)32(16-27(33)34)26-14-11-20(30)15-25(26)28/h3-8,11,14-15,19,21H,9-10,12-13,16H2,1-2H3,(H,31,35)(H,33,34). The van der Waals surface area contributed by atoms with Gasteiger partial charge in [0, 0.05) is 28.2 Å². The molecule has 0 bridgehead atoms. The number of aryl methyl sites for hydroxylation is 1. The largest absolute Gasteiger partial charge is 0.480 e. The van der Waals surface area contributed by atoms with Gasteiger partial charge in [0.05, 0.1) is 0 Å². The van der Waals surface area contributed by atoms with Gasteiger partial charge in [0.15, 0.2) is 0 Å². The lowest BCUT2D eigenvalue weighted by Gasteiger charge is -2.30. The zero-order chi connectivity index (χ0) is 24.7. The van der Waals surface area contributed by atoms with E-state index >= 15 is 0 Å². The van der Waals surface area contributed by atoms with Crippen molar-refractivity contribution < 1.29 is 19.1 Å². The van der Waals surface area contributed by atoms with E-state index in [-0.39, 0.29) is 30.2 Å². The van der Waals surface area contributed by atoms with Crippen molar-refractivity contribution in [3.8, 4) is 0 Å². The summed E-state index contributed by atoms with van der Waals surface area (Å²) in [5.41, 5.74) is 4.51. The van der Waals surface area contributed by atoms with Crippen LogP contribution in [0.2, 0.25) is 0 Å². The van der Waals surface area contributed by atoms with E-state index in [0.717, 1.165) is 64.2 Å². The maximum absolute atomic E-state index is 14.1. The first-order chi connectivity index (χ1) is 16.8. The Morgan fingerprint density at radius 3 is 2.43 bits per heavy atom. The highest BCUT2D eigenvalue weighted by atomic mass is 19.1. The molecule has 180 valence electrons. The van der Waals surface area contributed by atoms with Gasteiger partial charge in [0.2, 0.25) is 0 Å². The normalized spacial score (nSPS) is 18.1. The number of aliphatic carboxylic acids is 1. The van der Waals surface area contributed by atoms with Gasteiger partial charge < -0.3 is 15.0 Å². The fourth-order valence-corrected chi connectivity index (χ4v) is 5.79. The summed E-state index contributed by atoms with van der Waals surface area (Å²) < 4.78 is 15.9. The van der Waals surface area contributed by atoms with E-state index in [0.29, 0.717) is 5.56 Å². The van der Waals surface area contributed by atoms with E-state index in [2.05, 4.69) is 5.32 Å². The number of benzene rings is 3. The number of hydrogen-bond acceptors (Lipinski definition) is 2. The van der Waals surface area contributed by atoms with Crippen LogP contribution in [0.3, 0.4) is 0 Å². The van der Waals surface area contributed by atoms with Crippen LogP contribution in [-0.4, -0.2) is 27.6 Å². The number of carboxylic acid groups (broad SMARTS) is 1. The number of carbonyl (C=O) groups is 2. The SMILES string of the molecule is Cc1cccc2c(C(=O)NC3CCC(c4c(C)n(CC(=O)O)c5ccc(F)cc45)CC3)cccc12. The Labute approximate surface area is 203 Å². The first-order valence-corrected chi connectivity index (χ1v) is 12.1. The molecule has 5 nitrogen and oxygen atoms in total. The molecule has 1 aromatic heterocycles. The van der Waals surface area contributed by atoms with E-state index in [9.17, 15) is 19.1 Å². The molecule has 1 saturated carbocycles. The molecule has 1 fully saturated rings. The molecule has 0 unspecified atom stereocenters. The third kappa shape index (κ3) is 4.29. The highest BCUT2D eigenvalue weighted by Crippen LogP contribution is 2.40. The second-order valence-electron chi connectivity index (χ2n) is 9.64. The number of nitrogens with one attached hydrogen (secondary N) is 1. The predicted molar refractivity (Wildman–Crippen MR) is 135 cm³/mol. The Morgan fingerprint density at radius 1 is 0.971 bits per heavy atom. The van der Waals surface area contributed by atoms with Crippen molar-refractivity contribution in [3.05, 3.63) is 82.8 Å². The van der Waals surface area contributed by atoms with Crippen LogP contribution in [0.5, 0.6) is 0 Å². The van der Waals surface area contributed by atoms with Gasteiger partial charge >= 0.3 is 5.97 Å². The Morgan fingerprint density at radius 2 is 1.69 bits per heavy atom. The maximum Gasteiger partial charge on any atom is 0.323 e. The average Bonchev–Trinajstić information content (AvgIpc) is 3.09. The van der Waals surface area contributed by atoms with Gasteiger partial charge in [-0.2, -0.15) is 0 Å². The number of nitrogens with zero attached hydrogens (tertiary/aromatic N) is 1. The van der Waals surface area contributed by atoms with Gasteiger partial charge in [-0.1, -0.05) is 30.3 Å². The maximum atomic E-state index is 14.1. The molecule has 5 rings (SSSR count). The van der Waals surface area contributed by atoms with E-state index in [4.69, 9.17) is 0 Å². The van der Waals surface area contributed by atoms with Crippen molar-refractivity contribution in [2.75, 3.05) is 0 Å². The van der Waals surface area contributed by atoms with E-state index < -0.39 is 5.97 Å². The Hall–Kier alpha value is -3.67. The van der Waals surface area contributed by atoms with Crippen LogP contribution in [-0.2, 0) is 11.3 Å². The second kappa shape index (κ2) is 9.17. The number of aromatic nitrogens is 1. The highest BCUT2D eigenvalue weighted by Gasteiger charge is 2.29. The molecule has 1 aliphatic carbocycles. The number of hydrogen-bond donors (Lipinski definition) is 2. The summed E-state index contributed by atoms with van der Waals surface area (Å²) in [6.07, 6.45) is 3.34. The second-order valence-corrected chi connectivity index (χ2v) is 9.64. The summed E-state index contributed by atoms with van der Waals surface area (Å²) in [7, 11) is 0. The molecule has 3 aromatic carbocycles. The van der Waals surface area contributed by atoms with Crippen molar-refractivity contribution in [1.29, 1.82) is 0 Å². The number of carbonyl (C=O) groups excluding carboxylic acids is 1. The van der Waals surface area contributed by atoms with E-state index in [1.165, 1.54) is 12.1 Å². The van der Waals surface area contributed by atoms with Crippen molar-refractivity contribution >= 4 is 33.6 Å². The number of halogens is 1. The molecule has 2 N–H and O–H groups in total. The summed E-state index contributed by atoms with van der Waals surface area (Å²) in [4.78, 5) is 24.6. The Kier molecular flexibility index (Phi) is 6.05. The molecule has 6 heteroatoms. The number of amides is 1. The summed E-state index contributed by atoms with van der Waals surface area (Å²) >= 11 is 0. The molecular weight excluding hydrogens is 443 g/mol. The minimum atomic E-state index is -0.920. The lowest BCUT2D eigenvalue weighted by atomic mass is 9.80. The third-order valence-electron chi connectivity index (χ3n) is 7.48. The Balaban J connectivity index is 1.35. The van der Waals surface area contributed by atoms with Gasteiger partial charge in [-0.15, -0.1) is 0 Å². The minimum Gasteiger partial charge on any atom is -0.480 e. The lowest BCUT2D eigenvalue weighted by Crippen LogP contribution is -2.37. The number of rotatable bonds is 5. The molecule has 35 heavy (non-hydrogen) atoms. The average molecular weight is 473 g/mol. The van der Waals surface area contributed by atoms with E-state index in [1.54, 1.807) is 10.6 Å². The molecule has 1 aliphatic rings. The molecule has 0 aliphatic heterocycles. The van der Waals surface area contributed by atoms with Crippen LogP contribution in [0.15, 0.2) is 54.6 Å². The van der Waals surface area contributed by atoms with Crippen LogP contribution >= 0.6 is 0 Å². The summed E-state index contributed by atoms with van der Waals surface area (Å²) in [6, 6.07) is 16.5.